The van der Waals surface area contributed by atoms with Crippen molar-refractivity contribution < 1.29 is 9.53 Å². The van der Waals surface area contributed by atoms with Gasteiger partial charge in [-0.2, -0.15) is 0 Å². The Morgan fingerprint density at radius 1 is 1.18 bits per heavy atom. The standard InChI is InChI=1S/C22H34ClN3O2/c1-17(2)16-25-9-7-18(8-10-25)22(27)24-15-21(26-11-13-28-14-12-26)19-5-3-4-6-20(19)23/h3-6,17-18,21H,7-16H2,1-2H3,(H,24,27)/t21-/m0/s1. The van der Waals surface area contributed by atoms with E-state index in [2.05, 4.69) is 35.0 Å². The zero-order valence-corrected chi connectivity index (χ0v) is 18.0. The van der Waals surface area contributed by atoms with E-state index in [0.717, 1.165) is 69.4 Å². The van der Waals surface area contributed by atoms with Crippen molar-refractivity contribution in [2.24, 2.45) is 11.8 Å². The molecule has 2 aliphatic heterocycles. The zero-order chi connectivity index (χ0) is 19.9. The van der Waals surface area contributed by atoms with Gasteiger partial charge < -0.3 is 15.0 Å². The molecule has 28 heavy (non-hydrogen) atoms. The molecule has 0 aromatic heterocycles. The fraction of sp³-hybridized carbons (Fsp3) is 0.682. The lowest BCUT2D eigenvalue weighted by atomic mass is 9.95. The second-order valence-electron chi connectivity index (χ2n) is 8.40. The highest BCUT2D eigenvalue weighted by atomic mass is 35.5. The number of hydrogen-bond acceptors (Lipinski definition) is 4. The molecule has 2 fully saturated rings. The summed E-state index contributed by atoms with van der Waals surface area (Å²) in [5, 5.41) is 3.99. The minimum atomic E-state index is 0.0857. The molecule has 2 aliphatic rings. The van der Waals surface area contributed by atoms with Crippen molar-refractivity contribution in [2.75, 3.05) is 52.5 Å². The molecule has 3 rings (SSSR count). The van der Waals surface area contributed by atoms with Gasteiger partial charge in [0.2, 0.25) is 5.91 Å². The SMILES string of the molecule is CC(C)CN1CCC(C(=O)NC[C@@H](c2ccccc2Cl)N2CCOCC2)CC1. The molecule has 156 valence electrons. The minimum absolute atomic E-state index is 0.0857. The van der Waals surface area contributed by atoms with Crippen LogP contribution in [-0.2, 0) is 9.53 Å². The molecule has 2 saturated heterocycles. The van der Waals surface area contributed by atoms with E-state index >= 15 is 0 Å². The van der Waals surface area contributed by atoms with Crippen molar-refractivity contribution in [2.45, 2.75) is 32.7 Å². The van der Waals surface area contributed by atoms with Gasteiger partial charge in [-0.25, -0.2) is 0 Å². The topological polar surface area (TPSA) is 44.8 Å². The van der Waals surface area contributed by atoms with Gasteiger partial charge in [-0.1, -0.05) is 43.6 Å². The highest BCUT2D eigenvalue weighted by molar-refractivity contribution is 6.31. The normalized spacial score (nSPS) is 21.0. The first kappa shape index (κ1) is 21.6. The molecule has 0 saturated carbocycles. The van der Waals surface area contributed by atoms with Crippen molar-refractivity contribution in [1.29, 1.82) is 0 Å². The van der Waals surface area contributed by atoms with Crippen molar-refractivity contribution in [3.8, 4) is 0 Å². The Hall–Kier alpha value is -1.14. The molecule has 0 radical (unpaired) electrons. The van der Waals surface area contributed by atoms with Crippen molar-refractivity contribution in [3.05, 3.63) is 34.9 Å². The van der Waals surface area contributed by atoms with E-state index in [1.54, 1.807) is 0 Å². The van der Waals surface area contributed by atoms with E-state index in [1.165, 1.54) is 0 Å². The Kier molecular flexibility index (Phi) is 8.15. The molecule has 6 heteroatoms. The number of nitrogens with zero attached hydrogens (tertiary/aromatic N) is 2. The maximum absolute atomic E-state index is 12.8. The number of nitrogens with one attached hydrogen (secondary N) is 1. The third-order valence-corrected chi connectivity index (χ3v) is 6.15. The average Bonchev–Trinajstić information content (AvgIpc) is 2.70. The van der Waals surface area contributed by atoms with E-state index in [1.807, 2.05) is 18.2 Å². The molecule has 0 unspecified atom stereocenters. The Morgan fingerprint density at radius 2 is 1.86 bits per heavy atom. The number of piperidine rings is 1. The summed E-state index contributed by atoms with van der Waals surface area (Å²) >= 11 is 6.48. The van der Waals surface area contributed by atoms with Crippen LogP contribution in [0.4, 0.5) is 0 Å². The molecular formula is C22H34ClN3O2. The van der Waals surface area contributed by atoms with Crippen LogP contribution in [0.1, 0.15) is 38.3 Å². The van der Waals surface area contributed by atoms with Crippen LogP contribution in [0.25, 0.3) is 0 Å². The van der Waals surface area contributed by atoms with Gasteiger partial charge in [-0.3, -0.25) is 9.69 Å². The smallest absolute Gasteiger partial charge is 0.223 e. The number of rotatable bonds is 7. The van der Waals surface area contributed by atoms with Crippen molar-refractivity contribution in [3.63, 3.8) is 0 Å². The maximum Gasteiger partial charge on any atom is 0.223 e. The Bertz CT molecular complexity index is 626. The van der Waals surface area contributed by atoms with E-state index in [4.69, 9.17) is 16.3 Å². The van der Waals surface area contributed by atoms with Gasteiger partial charge in [0, 0.05) is 37.1 Å². The van der Waals surface area contributed by atoms with Gasteiger partial charge in [0.15, 0.2) is 0 Å². The second kappa shape index (κ2) is 10.6. The second-order valence-corrected chi connectivity index (χ2v) is 8.81. The van der Waals surface area contributed by atoms with E-state index in [0.29, 0.717) is 12.5 Å². The maximum atomic E-state index is 12.8. The fourth-order valence-corrected chi connectivity index (χ4v) is 4.57. The number of hydrogen-bond donors (Lipinski definition) is 1. The average molecular weight is 408 g/mol. The Labute approximate surface area is 174 Å². The molecule has 1 amide bonds. The van der Waals surface area contributed by atoms with E-state index in [-0.39, 0.29) is 17.9 Å². The minimum Gasteiger partial charge on any atom is -0.379 e. The van der Waals surface area contributed by atoms with Gasteiger partial charge in [0.1, 0.15) is 0 Å². The largest absolute Gasteiger partial charge is 0.379 e. The van der Waals surface area contributed by atoms with Crippen LogP contribution < -0.4 is 5.32 Å². The monoisotopic (exact) mass is 407 g/mol. The molecule has 0 aliphatic carbocycles. The van der Waals surface area contributed by atoms with Crippen molar-refractivity contribution in [1.82, 2.24) is 15.1 Å². The summed E-state index contributed by atoms with van der Waals surface area (Å²) in [6, 6.07) is 8.05. The summed E-state index contributed by atoms with van der Waals surface area (Å²) in [6.07, 6.45) is 1.90. The highest BCUT2D eigenvalue weighted by Gasteiger charge is 2.28. The van der Waals surface area contributed by atoms with Crippen LogP contribution in [0.5, 0.6) is 0 Å². The van der Waals surface area contributed by atoms with Crippen LogP contribution in [0.15, 0.2) is 24.3 Å². The number of halogens is 1. The number of likely N-dealkylation sites (tertiary alicyclic amines) is 1. The molecule has 1 aromatic rings. The van der Waals surface area contributed by atoms with Crippen LogP contribution >= 0.6 is 11.6 Å². The third-order valence-electron chi connectivity index (χ3n) is 5.80. The van der Waals surface area contributed by atoms with Crippen molar-refractivity contribution >= 4 is 17.5 Å². The van der Waals surface area contributed by atoms with Crippen LogP contribution in [0, 0.1) is 11.8 Å². The predicted molar refractivity (Wildman–Crippen MR) is 114 cm³/mol. The molecule has 0 bridgehead atoms. The first-order chi connectivity index (χ1) is 13.5. The first-order valence-corrected chi connectivity index (χ1v) is 11.0. The summed E-state index contributed by atoms with van der Waals surface area (Å²) in [5.74, 6) is 0.991. The molecule has 0 spiro atoms. The Morgan fingerprint density at radius 3 is 2.50 bits per heavy atom. The molecule has 2 heterocycles. The number of carbonyl (C=O) groups is 1. The van der Waals surface area contributed by atoms with E-state index in [9.17, 15) is 4.79 Å². The fourth-order valence-electron chi connectivity index (χ4n) is 4.31. The van der Waals surface area contributed by atoms with E-state index < -0.39 is 0 Å². The number of carbonyl (C=O) groups excluding carboxylic acids is 1. The Balaban J connectivity index is 1.57. The summed E-state index contributed by atoms with van der Waals surface area (Å²) in [4.78, 5) is 17.7. The quantitative estimate of drug-likeness (QED) is 0.753. The molecule has 1 aromatic carbocycles. The number of morpholine rings is 1. The third kappa shape index (κ3) is 5.93. The lowest BCUT2D eigenvalue weighted by Gasteiger charge is -2.36. The molecule has 1 atom stereocenters. The summed E-state index contributed by atoms with van der Waals surface area (Å²) in [7, 11) is 0. The summed E-state index contributed by atoms with van der Waals surface area (Å²) in [6.45, 7) is 11.4. The van der Waals surface area contributed by atoms with Crippen LogP contribution in [0.2, 0.25) is 5.02 Å². The van der Waals surface area contributed by atoms with Gasteiger partial charge in [-0.05, 0) is 43.5 Å². The summed E-state index contributed by atoms with van der Waals surface area (Å²) in [5.41, 5.74) is 1.08. The van der Waals surface area contributed by atoms with Gasteiger partial charge in [0.25, 0.3) is 0 Å². The first-order valence-electron chi connectivity index (χ1n) is 10.6. The van der Waals surface area contributed by atoms with Crippen LogP contribution in [0.3, 0.4) is 0 Å². The predicted octanol–water partition coefficient (Wildman–Crippen LogP) is 3.20. The highest BCUT2D eigenvalue weighted by Crippen LogP contribution is 2.28. The molecule has 5 nitrogen and oxygen atoms in total. The lowest BCUT2D eigenvalue weighted by molar-refractivity contribution is -0.126. The zero-order valence-electron chi connectivity index (χ0n) is 17.2. The molecule has 1 N–H and O–H groups in total. The molecular weight excluding hydrogens is 374 g/mol. The number of benzene rings is 1. The van der Waals surface area contributed by atoms with Gasteiger partial charge >= 0.3 is 0 Å². The van der Waals surface area contributed by atoms with Crippen LogP contribution in [-0.4, -0.2) is 68.2 Å². The lowest BCUT2D eigenvalue weighted by Crippen LogP contribution is -2.46. The summed E-state index contributed by atoms with van der Waals surface area (Å²) < 4.78 is 5.51. The van der Waals surface area contributed by atoms with Gasteiger partial charge in [-0.15, -0.1) is 0 Å². The van der Waals surface area contributed by atoms with Gasteiger partial charge in [0.05, 0.1) is 19.3 Å². The number of amides is 1. The number of ether oxygens (including phenoxy) is 1.